The Morgan fingerprint density at radius 2 is 1.88 bits per heavy atom. The Labute approximate surface area is 103 Å². The van der Waals surface area contributed by atoms with Gasteiger partial charge in [0.2, 0.25) is 0 Å². The molecule has 1 aromatic carbocycles. The maximum Gasteiger partial charge on any atom is 0.138 e. The highest BCUT2D eigenvalue weighted by Gasteiger charge is 2.18. The molecule has 0 saturated heterocycles. The van der Waals surface area contributed by atoms with Crippen molar-refractivity contribution in [1.82, 2.24) is 10.2 Å². The predicted octanol–water partition coefficient (Wildman–Crippen LogP) is 2.33. The fourth-order valence-corrected chi connectivity index (χ4v) is 1.95. The molecule has 90 valence electrons. The molecule has 2 aromatic rings. The molecule has 5 nitrogen and oxygen atoms in total. The van der Waals surface area contributed by atoms with Crippen LogP contribution in [0.2, 0.25) is 5.02 Å². The maximum absolute atomic E-state index is 6.25. The average Bonchev–Trinajstić information content (AvgIpc) is 2.75. The highest BCUT2D eigenvalue weighted by Crippen LogP contribution is 2.43. The van der Waals surface area contributed by atoms with E-state index in [2.05, 4.69) is 10.2 Å². The second kappa shape index (κ2) is 4.55. The average molecular weight is 254 g/mol. The number of ether oxygens (including phenoxy) is 2. The Morgan fingerprint density at radius 3 is 2.41 bits per heavy atom. The molecular weight excluding hydrogens is 242 g/mol. The van der Waals surface area contributed by atoms with Crippen LogP contribution in [0.4, 0.5) is 5.82 Å². The summed E-state index contributed by atoms with van der Waals surface area (Å²) in [7, 11) is 3.12. The van der Waals surface area contributed by atoms with Crippen LogP contribution in [0.15, 0.2) is 18.3 Å². The summed E-state index contributed by atoms with van der Waals surface area (Å²) in [5.74, 6) is 1.60. The summed E-state index contributed by atoms with van der Waals surface area (Å²) in [6, 6.07) is 3.51. The Hall–Kier alpha value is -1.88. The second-order valence-electron chi connectivity index (χ2n) is 3.36. The summed E-state index contributed by atoms with van der Waals surface area (Å²) < 4.78 is 10.4. The third-order valence-electron chi connectivity index (χ3n) is 2.45. The summed E-state index contributed by atoms with van der Waals surface area (Å²) in [5.41, 5.74) is 7.14. The number of methoxy groups -OCH3 is 2. The smallest absolute Gasteiger partial charge is 0.138 e. The van der Waals surface area contributed by atoms with Crippen LogP contribution in [0.25, 0.3) is 11.1 Å². The quantitative estimate of drug-likeness (QED) is 0.881. The van der Waals surface area contributed by atoms with E-state index in [9.17, 15) is 0 Å². The molecule has 0 bridgehead atoms. The van der Waals surface area contributed by atoms with Gasteiger partial charge in [-0.3, -0.25) is 5.10 Å². The molecule has 6 heteroatoms. The number of rotatable bonds is 3. The minimum atomic E-state index is 0.429. The highest BCUT2D eigenvalue weighted by atomic mass is 35.5. The molecule has 0 aliphatic rings. The van der Waals surface area contributed by atoms with Crippen molar-refractivity contribution in [3.8, 4) is 22.6 Å². The molecule has 17 heavy (non-hydrogen) atoms. The van der Waals surface area contributed by atoms with Gasteiger partial charge in [0.25, 0.3) is 0 Å². The van der Waals surface area contributed by atoms with Crippen LogP contribution in [-0.4, -0.2) is 24.4 Å². The zero-order valence-corrected chi connectivity index (χ0v) is 10.2. The number of H-pyrrole nitrogens is 1. The van der Waals surface area contributed by atoms with Crippen LogP contribution in [0.5, 0.6) is 11.5 Å². The molecule has 2 rings (SSSR count). The lowest BCUT2D eigenvalue weighted by atomic mass is 10.1. The van der Waals surface area contributed by atoms with Crippen molar-refractivity contribution in [2.75, 3.05) is 20.0 Å². The van der Waals surface area contributed by atoms with Gasteiger partial charge in [0.05, 0.1) is 31.0 Å². The molecule has 0 unspecified atom stereocenters. The van der Waals surface area contributed by atoms with E-state index in [1.54, 1.807) is 32.5 Å². The lowest BCUT2D eigenvalue weighted by Crippen LogP contribution is -1.94. The van der Waals surface area contributed by atoms with E-state index >= 15 is 0 Å². The first-order chi connectivity index (χ1) is 8.19. The minimum Gasteiger partial charge on any atom is -0.496 e. The Bertz CT molecular complexity index is 540. The van der Waals surface area contributed by atoms with Crippen LogP contribution in [-0.2, 0) is 0 Å². The fourth-order valence-electron chi connectivity index (χ4n) is 1.61. The summed E-state index contributed by atoms with van der Waals surface area (Å²) in [5, 5.41) is 6.97. The first kappa shape index (κ1) is 11.6. The van der Waals surface area contributed by atoms with Gasteiger partial charge in [0.15, 0.2) is 0 Å². The number of hydrogen-bond donors (Lipinski definition) is 2. The van der Waals surface area contributed by atoms with Crippen molar-refractivity contribution in [1.29, 1.82) is 0 Å². The number of hydrogen-bond acceptors (Lipinski definition) is 4. The SMILES string of the molecule is COc1ccc(OC)c(-c2cn[nH]c2N)c1Cl. The third kappa shape index (κ3) is 1.89. The number of nitrogens with two attached hydrogens (primary N) is 1. The molecular formula is C11H12ClN3O2. The highest BCUT2D eigenvalue weighted by molar-refractivity contribution is 6.35. The second-order valence-corrected chi connectivity index (χ2v) is 3.73. The summed E-state index contributed by atoms with van der Waals surface area (Å²) in [6.45, 7) is 0. The molecule has 3 N–H and O–H groups in total. The number of nitrogens with zero attached hydrogens (tertiary/aromatic N) is 1. The molecule has 0 aliphatic heterocycles. The van der Waals surface area contributed by atoms with Gasteiger partial charge in [0.1, 0.15) is 17.3 Å². The Balaban J connectivity index is 2.70. The van der Waals surface area contributed by atoms with Crippen LogP contribution in [0.3, 0.4) is 0 Å². The predicted molar refractivity (Wildman–Crippen MR) is 66.6 cm³/mol. The monoisotopic (exact) mass is 253 g/mol. The Morgan fingerprint density at radius 1 is 1.24 bits per heavy atom. The number of benzene rings is 1. The topological polar surface area (TPSA) is 73.2 Å². The van der Waals surface area contributed by atoms with Crippen molar-refractivity contribution < 1.29 is 9.47 Å². The lowest BCUT2D eigenvalue weighted by Gasteiger charge is -2.12. The largest absolute Gasteiger partial charge is 0.496 e. The van der Waals surface area contributed by atoms with Gasteiger partial charge in [-0.1, -0.05) is 11.6 Å². The minimum absolute atomic E-state index is 0.429. The maximum atomic E-state index is 6.25. The standard InChI is InChI=1S/C11H12ClN3O2/c1-16-7-3-4-8(17-2)10(12)9(7)6-5-14-15-11(6)13/h3-5H,1-2H3,(H3,13,14,15). The van der Waals surface area contributed by atoms with Gasteiger partial charge in [-0.05, 0) is 12.1 Å². The Kier molecular flexibility index (Phi) is 3.10. The molecule has 0 fully saturated rings. The van der Waals surface area contributed by atoms with Crippen molar-refractivity contribution >= 4 is 17.4 Å². The molecule has 0 spiro atoms. The molecule has 0 saturated carbocycles. The van der Waals surface area contributed by atoms with E-state index in [0.29, 0.717) is 33.5 Å². The van der Waals surface area contributed by atoms with Gasteiger partial charge in [0, 0.05) is 5.56 Å². The van der Waals surface area contributed by atoms with Gasteiger partial charge >= 0.3 is 0 Å². The number of aromatic nitrogens is 2. The van der Waals surface area contributed by atoms with Gasteiger partial charge < -0.3 is 15.2 Å². The van der Waals surface area contributed by atoms with Crippen molar-refractivity contribution in [2.45, 2.75) is 0 Å². The van der Waals surface area contributed by atoms with E-state index in [1.807, 2.05) is 0 Å². The summed E-state index contributed by atoms with van der Waals surface area (Å²) in [4.78, 5) is 0. The fraction of sp³-hybridized carbons (Fsp3) is 0.182. The van der Waals surface area contributed by atoms with Gasteiger partial charge in [-0.15, -0.1) is 0 Å². The molecule has 0 radical (unpaired) electrons. The van der Waals surface area contributed by atoms with E-state index < -0.39 is 0 Å². The van der Waals surface area contributed by atoms with Crippen molar-refractivity contribution in [2.24, 2.45) is 0 Å². The molecule has 1 aromatic heterocycles. The summed E-state index contributed by atoms with van der Waals surface area (Å²) in [6.07, 6.45) is 1.60. The first-order valence-electron chi connectivity index (χ1n) is 4.88. The number of aromatic amines is 1. The number of nitrogens with one attached hydrogen (secondary N) is 1. The molecule has 0 amide bonds. The van der Waals surface area contributed by atoms with Crippen LogP contribution < -0.4 is 15.2 Å². The first-order valence-corrected chi connectivity index (χ1v) is 5.26. The van der Waals surface area contributed by atoms with Crippen LogP contribution in [0, 0.1) is 0 Å². The van der Waals surface area contributed by atoms with Gasteiger partial charge in [-0.25, -0.2) is 0 Å². The molecule has 1 heterocycles. The van der Waals surface area contributed by atoms with Gasteiger partial charge in [-0.2, -0.15) is 5.10 Å². The molecule has 0 atom stereocenters. The lowest BCUT2D eigenvalue weighted by molar-refractivity contribution is 0.404. The third-order valence-corrected chi connectivity index (χ3v) is 2.82. The zero-order valence-electron chi connectivity index (χ0n) is 9.45. The zero-order chi connectivity index (χ0) is 12.4. The summed E-state index contributed by atoms with van der Waals surface area (Å²) >= 11 is 6.25. The van der Waals surface area contributed by atoms with Crippen molar-refractivity contribution in [3.05, 3.63) is 23.4 Å². The van der Waals surface area contributed by atoms with E-state index in [4.69, 9.17) is 26.8 Å². The van der Waals surface area contributed by atoms with Crippen LogP contribution in [0.1, 0.15) is 0 Å². The van der Waals surface area contributed by atoms with Crippen molar-refractivity contribution in [3.63, 3.8) is 0 Å². The number of nitrogen functional groups attached to an aromatic ring is 1. The van der Waals surface area contributed by atoms with E-state index in [-0.39, 0.29) is 0 Å². The van der Waals surface area contributed by atoms with E-state index in [0.717, 1.165) is 0 Å². The number of anilines is 1. The normalized spacial score (nSPS) is 10.3. The van der Waals surface area contributed by atoms with Crippen LogP contribution >= 0.6 is 11.6 Å². The van der Waals surface area contributed by atoms with E-state index in [1.165, 1.54) is 0 Å². The molecule has 0 aliphatic carbocycles. The number of halogens is 1.